The predicted molar refractivity (Wildman–Crippen MR) is 111 cm³/mol. The molecule has 2 aromatic heterocycles. The molecule has 0 saturated carbocycles. The normalized spacial score (nSPS) is 11.5. The number of nitrogens with zero attached hydrogens (tertiary/aromatic N) is 1. The van der Waals surface area contributed by atoms with Crippen molar-refractivity contribution in [1.29, 1.82) is 0 Å². The lowest BCUT2D eigenvalue weighted by atomic mass is 9.98. The zero-order valence-electron chi connectivity index (χ0n) is 14.8. The lowest BCUT2D eigenvalue weighted by Crippen LogP contribution is -1.99. The fourth-order valence-electron chi connectivity index (χ4n) is 3.69. The number of aromatic amines is 1. The molecule has 132 valence electrons. The summed E-state index contributed by atoms with van der Waals surface area (Å²) in [6.45, 7) is 2.82. The molecule has 3 N–H and O–H groups in total. The van der Waals surface area contributed by atoms with E-state index in [-0.39, 0.29) is 0 Å². The van der Waals surface area contributed by atoms with E-state index in [4.69, 9.17) is 17.3 Å². The molecule has 26 heavy (non-hydrogen) atoms. The molecule has 0 radical (unpaired) electrons. The highest BCUT2D eigenvalue weighted by Crippen LogP contribution is 2.38. The quantitative estimate of drug-likeness (QED) is 0.452. The lowest BCUT2D eigenvalue weighted by Gasteiger charge is -2.08. The number of rotatable bonds is 5. The van der Waals surface area contributed by atoms with Gasteiger partial charge in [-0.2, -0.15) is 0 Å². The summed E-state index contributed by atoms with van der Waals surface area (Å²) in [6, 6.07) is 14.4. The van der Waals surface area contributed by atoms with Crippen LogP contribution in [-0.2, 0) is 6.42 Å². The average Bonchev–Trinajstić information content (AvgIpc) is 3.05. The molecular formula is C22H22ClN3. The number of para-hydroxylation sites is 1. The van der Waals surface area contributed by atoms with Crippen molar-refractivity contribution < 1.29 is 0 Å². The first-order chi connectivity index (χ1) is 12.7. The number of fused-ring (bicyclic) bond motifs is 2. The zero-order valence-corrected chi connectivity index (χ0v) is 15.6. The van der Waals surface area contributed by atoms with Crippen LogP contribution in [0.1, 0.15) is 24.0 Å². The topological polar surface area (TPSA) is 54.7 Å². The minimum Gasteiger partial charge on any atom is -0.354 e. The summed E-state index contributed by atoms with van der Waals surface area (Å²) in [5.41, 5.74) is 12.5. The summed E-state index contributed by atoms with van der Waals surface area (Å²) in [7, 11) is 0. The minimum atomic E-state index is 0.709. The molecule has 0 aliphatic rings. The van der Waals surface area contributed by atoms with Gasteiger partial charge < -0.3 is 10.7 Å². The van der Waals surface area contributed by atoms with Crippen LogP contribution >= 0.6 is 11.6 Å². The van der Waals surface area contributed by atoms with Crippen LogP contribution in [0.25, 0.3) is 33.1 Å². The molecule has 3 nitrogen and oxygen atoms in total. The van der Waals surface area contributed by atoms with Crippen molar-refractivity contribution in [1.82, 2.24) is 9.97 Å². The zero-order chi connectivity index (χ0) is 18.1. The van der Waals surface area contributed by atoms with E-state index in [1.807, 2.05) is 18.3 Å². The largest absolute Gasteiger partial charge is 0.354 e. The third-order valence-corrected chi connectivity index (χ3v) is 5.31. The summed E-state index contributed by atoms with van der Waals surface area (Å²) in [5.74, 6) is 0. The van der Waals surface area contributed by atoms with Gasteiger partial charge in [-0.25, -0.2) is 0 Å². The second-order valence-corrected chi connectivity index (χ2v) is 7.13. The number of nitrogens with one attached hydrogen (secondary N) is 1. The minimum absolute atomic E-state index is 0.709. The van der Waals surface area contributed by atoms with E-state index in [0.29, 0.717) is 6.54 Å². The molecule has 2 aromatic carbocycles. The van der Waals surface area contributed by atoms with Crippen LogP contribution in [0.15, 0.2) is 48.7 Å². The molecule has 0 unspecified atom stereocenters. The molecule has 0 spiro atoms. The Kier molecular flexibility index (Phi) is 4.66. The van der Waals surface area contributed by atoms with Gasteiger partial charge in [-0.1, -0.05) is 41.9 Å². The van der Waals surface area contributed by atoms with Crippen molar-refractivity contribution in [3.8, 4) is 11.3 Å². The molecule has 0 saturated heterocycles. The van der Waals surface area contributed by atoms with E-state index in [9.17, 15) is 0 Å². The Morgan fingerprint density at radius 1 is 1.08 bits per heavy atom. The van der Waals surface area contributed by atoms with Crippen LogP contribution in [0.3, 0.4) is 0 Å². The Labute approximate surface area is 158 Å². The number of hydrogen-bond acceptors (Lipinski definition) is 2. The molecule has 2 heterocycles. The van der Waals surface area contributed by atoms with Crippen molar-refractivity contribution in [2.24, 2.45) is 5.73 Å². The van der Waals surface area contributed by atoms with Crippen LogP contribution in [0, 0.1) is 6.92 Å². The second kappa shape index (κ2) is 7.10. The Bertz CT molecular complexity index is 1080. The average molecular weight is 364 g/mol. The van der Waals surface area contributed by atoms with E-state index in [1.54, 1.807) is 0 Å². The Hall–Kier alpha value is -2.36. The van der Waals surface area contributed by atoms with E-state index in [0.717, 1.165) is 57.3 Å². The number of halogens is 1. The fourth-order valence-corrected chi connectivity index (χ4v) is 3.97. The number of benzene rings is 2. The first-order valence-electron chi connectivity index (χ1n) is 9.04. The SMILES string of the molecule is Cc1ccc(Cl)c2c(CCCCN)c(-c3cccc4cccnc34)[nH]c12. The van der Waals surface area contributed by atoms with Gasteiger partial charge in [-0.3, -0.25) is 4.98 Å². The molecular weight excluding hydrogens is 342 g/mol. The molecule has 0 amide bonds. The molecule has 0 aliphatic carbocycles. The Balaban J connectivity index is 2.00. The van der Waals surface area contributed by atoms with Crippen molar-refractivity contribution in [2.75, 3.05) is 6.54 Å². The highest BCUT2D eigenvalue weighted by Gasteiger charge is 2.18. The van der Waals surface area contributed by atoms with Crippen LogP contribution in [0.2, 0.25) is 5.02 Å². The first-order valence-corrected chi connectivity index (χ1v) is 9.42. The van der Waals surface area contributed by atoms with Gasteiger partial charge in [0, 0.05) is 22.5 Å². The summed E-state index contributed by atoms with van der Waals surface area (Å²) >= 11 is 6.61. The molecule has 4 heteroatoms. The Morgan fingerprint density at radius 3 is 2.77 bits per heavy atom. The van der Waals surface area contributed by atoms with E-state index in [1.165, 1.54) is 11.1 Å². The smallest absolute Gasteiger partial charge is 0.0795 e. The van der Waals surface area contributed by atoms with E-state index < -0.39 is 0 Å². The maximum Gasteiger partial charge on any atom is 0.0795 e. The lowest BCUT2D eigenvalue weighted by molar-refractivity contribution is 0.748. The maximum atomic E-state index is 6.61. The number of aryl methyl sites for hydroxylation is 2. The van der Waals surface area contributed by atoms with Crippen molar-refractivity contribution >= 4 is 33.4 Å². The van der Waals surface area contributed by atoms with Gasteiger partial charge in [0.05, 0.1) is 21.7 Å². The van der Waals surface area contributed by atoms with Gasteiger partial charge in [-0.05, 0) is 56.0 Å². The predicted octanol–water partition coefficient (Wildman–Crippen LogP) is 5.63. The van der Waals surface area contributed by atoms with Gasteiger partial charge in [0.2, 0.25) is 0 Å². The molecule has 4 aromatic rings. The molecule has 4 rings (SSSR count). The number of nitrogens with two attached hydrogens (primary N) is 1. The van der Waals surface area contributed by atoms with E-state index in [2.05, 4.69) is 47.2 Å². The van der Waals surface area contributed by atoms with Crippen LogP contribution in [0.4, 0.5) is 0 Å². The highest BCUT2D eigenvalue weighted by molar-refractivity contribution is 6.36. The number of pyridine rings is 1. The van der Waals surface area contributed by atoms with E-state index >= 15 is 0 Å². The van der Waals surface area contributed by atoms with Crippen LogP contribution in [0.5, 0.6) is 0 Å². The van der Waals surface area contributed by atoms with Gasteiger partial charge in [0.25, 0.3) is 0 Å². The van der Waals surface area contributed by atoms with Crippen LogP contribution in [-0.4, -0.2) is 16.5 Å². The Morgan fingerprint density at radius 2 is 1.92 bits per heavy atom. The van der Waals surface area contributed by atoms with Crippen molar-refractivity contribution in [3.05, 3.63) is 64.8 Å². The number of H-pyrrole nitrogens is 1. The summed E-state index contributed by atoms with van der Waals surface area (Å²) in [4.78, 5) is 8.29. The third-order valence-electron chi connectivity index (χ3n) is 5.00. The van der Waals surface area contributed by atoms with Gasteiger partial charge in [0.15, 0.2) is 0 Å². The fraction of sp³-hybridized carbons (Fsp3) is 0.227. The van der Waals surface area contributed by atoms with Gasteiger partial charge in [0.1, 0.15) is 0 Å². The molecule has 0 bridgehead atoms. The highest BCUT2D eigenvalue weighted by atomic mass is 35.5. The summed E-state index contributed by atoms with van der Waals surface area (Å²) < 4.78 is 0. The van der Waals surface area contributed by atoms with Crippen molar-refractivity contribution in [3.63, 3.8) is 0 Å². The number of hydrogen-bond donors (Lipinski definition) is 2. The summed E-state index contributed by atoms with van der Waals surface area (Å²) in [6.07, 6.45) is 4.84. The first kappa shape index (κ1) is 17.1. The number of unbranched alkanes of at least 4 members (excludes halogenated alkanes) is 1. The number of aromatic nitrogens is 2. The van der Waals surface area contributed by atoms with Crippen molar-refractivity contribution in [2.45, 2.75) is 26.2 Å². The third kappa shape index (κ3) is 2.87. The van der Waals surface area contributed by atoms with Gasteiger partial charge in [-0.15, -0.1) is 0 Å². The monoisotopic (exact) mass is 363 g/mol. The second-order valence-electron chi connectivity index (χ2n) is 6.72. The van der Waals surface area contributed by atoms with Crippen LogP contribution < -0.4 is 5.73 Å². The summed E-state index contributed by atoms with van der Waals surface area (Å²) in [5, 5.41) is 3.06. The molecule has 0 atom stereocenters. The molecule has 0 aliphatic heterocycles. The standard InChI is InChI=1S/C22H22ClN3/c1-14-10-11-18(23)19-16(8-2-3-12-24)22(26-20(14)19)17-9-4-6-15-7-5-13-25-21(15)17/h4-7,9-11,13,26H,2-3,8,12,24H2,1H3. The molecule has 0 fully saturated rings. The van der Waals surface area contributed by atoms with Gasteiger partial charge >= 0.3 is 0 Å². The maximum absolute atomic E-state index is 6.61.